The van der Waals surface area contributed by atoms with Crippen LogP contribution in [0.5, 0.6) is 0 Å². The maximum Gasteiger partial charge on any atom is 0.310 e. The van der Waals surface area contributed by atoms with Gasteiger partial charge < -0.3 is 10.5 Å². The molecule has 0 saturated heterocycles. The van der Waals surface area contributed by atoms with Crippen LogP contribution in [-0.4, -0.2) is 33.8 Å². The minimum Gasteiger partial charge on any atom is -0.466 e. The van der Waals surface area contributed by atoms with Crippen molar-refractivity contribution < 1.29 is 14.7 Å². The lowest BCUT2D eigenvalue weighted by molar-refractivity contribution is -0.142. The monoisotopic (exact) mass is 400 g/mol. The molecule has 0 amide bonds. The molecule has 0 radical (unpaired) electrons. The van der Waals surface area contributed by atoms with Crippen LogP contribution in [0.2, 0.25) is 0 Å². The van der Waals surface area contributed by atoms with Crippen molar-refractivity contribution in [3.8, 4) is 0 Å². The Morgan fingerprint density at radius 2 is 1.83 bits per heavy atom. The number of nitrogen functional groups attached to an aromatic ring is 1. The average Bonchev–Trinajstić information content (AvgIpc) is 2.69. The Labute approximate surface area is 172 Å². The summed E-state index contributed by atoms with van der Waals surface area (Å²) in [5.74, 6) is 0.380. The molecule has 3 N–H and O–H groups in total. The summed E-state index contributed by atoms with van der Waals surface area (Å²) in [6, 6.07) is 7.75. The first-order chi connectivity index (χ1) is 13.9. The van der Waals surface area contributed by atoms with E-state index in [2.05, 4.69) is 16.9 Å². The third kappa shape index (κ3) is 6.15. The Balaban J connectivity index is 2.27. The molecule has 1 heterocycles. The molecule has 7 nitrogen and oxygen atoms in total. The summed E-state index contributed by atoms with van der Waals surface area (Å²) in [7, 11) is 0. The highest BCUT2D eigenvalue weighted by atomic mass is 16.5. The first-order valence-corrected chi connectivity index (χ1v) is 10.2. The van der Waals surface area contributed by atoms with Crippen LogP contribution in [0, 0.1) is 6.92 Å². The molecule has 0 saturated carbocycles. The van der Waals surface area contributed by atoms with E-state index in [-0.39, 0.29) is 24.4 Å². The first-order valence-electron chi connectivity index (χ1n) is 10.2. The minimum atomic E-state index is -0.234. The highest BCUT2D eigenvalue weighted by molar-refractivity contribution is 5.72. The Hall–Kier alpha value is -2.67. The van der Waals surface area contributed by atoms with Gasteiger partial charge in [-0.25, -0.2) is 10.0 Å². The quantitative estimate of drug-likeness (QED) is 0.461. The lowest BCUT2D eigenvalue weighted by Crippen LogP contribution is -2.33. The zero-order valence-electron chi connectivity index (χ0n) is 17.8. The average molecular weight is 401 g/mol. The summed E-state index contributed by atoms with van der Waals surface area (Å²) in [6.07, 6.45) is 3.43. The van der Waals surface area contributed by atoms with E-state index < -0.39 is 0 Å². The van der Waals surface area contributed by atoms with Crippen LogP contribution in [0.25, 0.3) is 0 Å². The number of hydrogen-bond donors (Lipinski definition) is 2. The Morgan fingerprint density at radius 3 is 2.41 bits per heavy atom. The lowest BCUT2D eigenvalue weighted by atomic mass is 10.0. The van der Waals surface area contributed by atoms with Crippen molar-refractivity contribution in [3.05, 3.63) is 46.6 Å². The normalized spacial score (nSPS) is 11.9. The van der Waals surface area contributed by atoms with Crippen molar-refractivity contribution in [2.75, 3.05) is 17.4 Å². The molecule has 2 aromatic rings. The van der Waals surface area contributed by atoms with Crippen molar-refractivity contribution in [1.29, 1.82) is 0 Å². The van der Waals surface area contributed by atoms with Gasteiger partial charge in [-0.2, -0.15) is 4.98 Å². The molecule has 0 spiro atoms. The second-order valence-corrected chi connectivity index (χ2v) is 7.14. The number of anilines is 2. The van der Waals surface area contributed by atoms with E-state index in [4.69, 9.17) is 10.5 Å². The highest BCUT2D eigenvalue weighted by Crippen LogP contribution is 2.27. The summed E-state index contributed by atoms with van der Waals surface area (Å²) >= 11 is 0. The summed E-state index contributed by atoms with van der Waals surface area (Å²) in [4.78, 5) is 20.3. The molecule has 1 aromatic carbocycles. The lowest BCUT2D eigenvalue weighted by Gasteiger charge is -2.28. The largest absolute Gasteiger partial charge is 0.466 e. The molecule has 1 atom stereocenters. The van der Waals surface area contributed by atoms with E-state index in [9.17, 15) is 10.0 Å². The topological polar surface area (TPSA) is 102 Å². The van der Waals surface area contributed by atoms with Gasteiger partial charge >= 0.3 is 5.97 Å². The smallest absolute Gasteiger partial charge is 0.310 e. The predicted molar refractivity (Wildman–Crippen MR) is 114 cm³/mol. The number of nitrogens with two attached hydrogens (primary N) is 1. The number of carbonyl (C=O) groups is 1. The minimum absolute atomic E-state index is 0.0283. The van der Waals surface area contributed by atoms with Crippen LogP contribution in [-0.2, 0) is 22.4 Å². The summed E-state index contributed by atoms with van der Waals surface area (Å²) in [6.45, 7) is 8.19. The van der Waals surface area contributed by atoms with E-state index in [1.54, 1.807) is 6.92 Å². The van der Waals surface area contributed by atoms with Crippen molar-refractivity contribution in [3.63, 3.8) is 0 Å². The SMILES string of the molecule is CCCC(CC)N(O)c1nc(N)nc(C)c1Cc1ccc(CC(=O)OCC)cc1. The standard InChI is InChI=1S/C22H32N4O3/c1-5-8-18(6-2)26(28)21-19(15(4)24-22(23)25-21)13-16-9-11-17(12-10-16)14-20(27)29-7-3/h9-12,18,28H,5-8,13-14H2,1-4H3,(H2,23,24,25). The number of esters is 1. The van der Waals surface area contributed by atoms with E-state index >= 15 is 0 Å². The summed E-state index contributed by atoms with van der Waals surface area (Å²) in [5.41, 5.74) is 9.38. The maximum atomic E-state index is 11.6. The molecule has 0 bridgehead atoms. The van der Waals surface area contributed by atoms with Crippen LogP contribution < -0.4 is 10.8 Å². The number of ether oxygens (including phenoxy) is 1. The molecule has 1 aromatic heterocycles. The molecule has 0 fully saturated rings. The number of aromatic nitrogens is 2. The Morgan fingerprint density at radius 1 is 1.17 bits per heavy atom. The van der Waals surface area contributed by atoms with Crippen molar-refractivity contribution in [2.24, 2.45) is 0 Å². The number of aryl methyl sites for hydroxylation is 1. The van der Waals surface area contributed by atoms with E-state index in [1.807, 2.05) is 38.1 Å². The number of carbonyl (C=O) groups excluding carboxylic acids is 1. The maximum absolute atomic E-state index is 11.6. The third-order valence-corrected chi connectivity index (χ3v) is 4.92. The summed E-state index contributed by atoms with van der Waals surface area (Å²) < 4.78 is 4.99. The zero-order valence-corrected chi connectivity index (χ0v) is 17.8. The van der Waals surface area contributed by atoms with Crippen LogP contribution in [0.15, 0.2) is 24.3 Å². The van der Waals surface area contributed by atoms with Gasteiger partial charge in [0.15, 0.2) is 5.82 Å². The Kier molecular flexibility index (Phi) is 8.39. The number of hydrogen-bond acceptors (Lipinski definition) is 7. The molecular formula is C22H32N4O3. The first kappa shape index (κ1) is 22.6. The molecule has 0 aliphatic heterocycles. The molecule has 7 heteroatoms. The zero-order chi connectivity index (χ0) is 21.4. The Bertz CT molecular complexity index is 808. The van der Waals surface area contributed by atoms with E-state index in [0.717, 1.165) is 41.6 Å². The fourth-order valence-electron chi connectivity index (χ4n) is 3.36. The van der Waals surface area contributed by atoms with Gasteiger partial charge in [0.25, 0.3) is 0 Å². The fraction of sp³-hybridized carbons (Fsp3) is 0.500. The van der Waals surface area contributed by atoms with Gasteiger partial charge in [0, 0.05) is 17.7 Å². The molecule has 2 rings (SSSR count). The third-order valence-electron chi connectivity index (χ3n) is 4.92. The molecule has 0 aliphatic rings. The van der Waals surface area contributed by atoms with Gasteiger partial charge in [0.05, 0.1) is 19.1 Å². The molecule has 29 heavy (non-hydrogen) atoms. The number of rotatable bonds is 10. The van der Waals surface area contributed by atoms with Crippen molar-refractivity contribution in [2.45, 2.75) is 65.8 Å². The second kappa shape index (κ2) is 10.8. The van der Waals surface area contributed by atoms with Crippen LogP contribution in [0.1, 0.15) is 62.4 Å². The second-order valence-electron chi connectivity index (χ2n) is 7.14. The van der Waals surface area contributed by atoms with Crippen molar-refractivity contribution >= 4 is 17.7 Å². The van der Waals surface area contributed by atoms with Gasteiger partial charge in [0.2, 0.25) is 5.95 Å². The van der Waals surface area contributed by atoms with Gasteiger partial charge in [0.1, 0.15) is 0 Å². The molecule has 0 aliphatic carbocycles. The molecular weight excluding hydrogens is 368 g/mol. The van der Waals surface area contributed by atoms with Crippen LogP contribution >= 0.6 is 0 Å². The van der Waals surface area contributed by atoms with Crippen molar-refractivity contribution in [1.82, 2.24) is 9.97 Å². The van der Waals surface area contributed by atoms with Gasteiger partial charge in [-0.3, -0.25) is 10.0 Å². The van der Waals surface area contributed by atoms with E-state index in [0.29, 0.717) is 18.8 Å². The molecule has 158 valence electrons. The number of benzene rings is 1. The van der Waals surface area contributed by atoms with Gasteiger partial charge in [-0.15, -0.1) is 0 Å². The fourth-order valence-corrected chi connectivity index (χ4v) is 3.36. The number of hydroxylamine groups is 1. The predicted octanol–water partition coefficient (Wildman–Crippen LogP) is 3.84. The highest BCUT2D eigenvalue weighted by Gasteiger charge is 2.22. The van der Waals surface area contributed by atoms with Gasteiger partial charge in [-0.05, 0) is 37.8 Å². The number of nitrogens with zero attached hydrogens (tertiary/aromatic N) is 3. The van der Waals surface area contributed by atoms with E-state index in [1.165, 1.54) is 5.06 Å². The van der Waals surface area contributed by atoms with Gasteiger partial charge in [-0.1, -0.05) is 44.5 Å². The van der Waals surface area contributed by atoms with Crippen LogP contribution in [0.4, 0.5) is 11.8 Å². The summed E-state index contributed by atoms with van der Waals surface area (Å²) in [5, 5.41) is 12.1. The van der Waals surface area contributed by atoms with Crippen LogP contribution in [0.3, 0.4) is 0 Å². The molecule has 1 unspecified atom stereocenters.